The molecule has 0 aliphatic carbocycles. The van der Waals surface area contributed by atoms with Crippen molar-refractivity contribution >= 4 is 29.2 Å². The SMILES string of the molecule is CCC(=O)Nc1ccc(OC)cc1NC=C1C(=O)OC(C)(C)OC1=O. The first-order valence-corrected chi connectivity index (χ1v) is 7.67. The second-order valence-corrected chi connectivity index (χ2v) is 5.69. The van der Waals surface area contributed by atoms with E-state index in [1.165, 1.54) is 27.2 Å². The van der Waals surface area contributed by atoms with Crippen LogP contribution in [0.3, 0.4) is 0 Å². The molecule has 134 valence electrons. The Morgan fingerprint density at radius 1 is 1.20 bits per heavy atom. The molecule has 0 unspecified atom stereocenters. The van der Waals surface area contributed by atoms with Gasteiger partial charge in [0.2, 0.25) is 5.91 Å². The highest BCUT2D eigenvalue weighted by atomic mass is 16.7. The van der Waals surface area contributed by atoms with Gasteiger partial charge in [-0.25, -0.2) is 9.59 Å². The molecule has 0 saturated carbocycles. The molecule has 1 heterocycles. The number of esters is 2. The number of rotatable bonds is 5. The summed E-state index contributed by atoms with van der Waals surface area (Å²) >= 11 is 0. The maximum absolute atomic E-state index is 11.9. The first-order valence-electron chi connectivity index (χ1n) is 7.67. The minimum absolute atomic E-state index is 0.181. The molecule has 25 heavy (non-hydrogen) atoms. The summed E-state index contributed by atoms with van der Waals surface area (Å²) in [6.07, 6.45) is 1.48. The second kappa shape index (κ2) is 7.25. The molecule has 2 N–H and O–H groups in total. The monoisotopic (exact) mass is 348 g/mol. The van der Waals surface area contributed by atoms with Gasteiger partial charge < -0.3 is 24.8 Å². The predicted molar refractivity (Wildman–Crippen MR) is 89.9 cm³/mol. The predicted octanol–water partition coefficient (Wildman–Crippen LogP) is 2.18. The molecule has 1 amide bonds. The largest absolute Gasteiger partial charge is 0.497 e. The van der Waals surface area contributed by atoms with Crippen molar-refractivity contribution in [2.24, 2.45) is 0 Å². The van der Waals surface area contributed by atoms with Gasteiger partial charge in [0.1, 0.15) is 5.75 Å². The number of amides is 1. The first-order chi connectivity index (χ1) is 11.8. The van der Waals surface area contributed by atoms with Crippen LogP contribution in [0.1, 0.15) is 27.2 Å². The Balaban J connectivity index is 2.27. The average Bonchev–Trinajstić information content (AvgIpc) is 2.54. The van der Waals surface area contributed by atoms with Gasteiger partial charge in [0, 0.05) is 32.5 Å². The summed E-state index contributed by atoms with van der Waals surface area (Å²) in [7, 11) is 1.50. The van der Waals surface area contributed by atoms with Crippen LogP contribution in [0.2, 0.25) is 0 Å². The van der Waals surface area contributed by atoms with E-state index >= 15 is 0 Å². The van der Waals surface area contributed by atoms with E-state index in [9.17, 15) is 14.4 Å². The van der Waals surface area contributed by atoms with Crippen LogP contribution in [0.5, 0.6) is 5.75 Å². The van der Waals surface area contributed by atoms with Crippen molar-refractivity contribution in [3.05, 3.63) is 30.0 Å². The quantitative estimate of drug-likeness (QED) is 0.477. The topological polar surface area (TPSA) is 103 Å². The highest BCUT2D eigenvalue weighted by molar-refractivity contribution is 6.15. The third-order valence-corrected chi connectivity index (χ3v) is 3.31. The van der Waals surface area contributed by atoms with Crippen LogP contribution in [0, 0.1) is 0 Å². The molecule has 0 radical (unpaired) electrons. The fourth-order valence-electron chi connectivity index (χ4n) is 2.05. The summed E-state index contributed by atoms with van der Waals surface area (Å²) in [5.74, 6) is -2.54. The van der Waals surface area contributed by atoms with Gasteiger partial charge >= 0.3 is 11.9 Å². The van der Waals surface area contributed by atoms with E-state index in [1.807, 2.05) is 0 Å². The maximum atomic E-state index is 11.9. The van der Waals surface area contributed by atoms with Gasteiger partial charge in [-0.2, -0.15) is 0 Å². The van der Waals surface area contributed by atoms with E-state index in [2.05, 4.69) is 10.6 Å². The van der Waals surface area contributed by atoms with Crippen LogP contribution < -0.4 is 15.4 Å². The van der Waals surface area contributed by atoms with E-state index in [4.69, 9.17) is 14.2 Å². The highest BCUT2D eigenvalue weighted by Gasteiger charge is 2.38. The normalized spacial score (nSPS) is 15.8. The van der Waals surface area contributed by atoms with Crippen molar-refractivity contribution < 1.29 is 28.6 Å². The summed E-state index contributed by atoms with van der Waals surface area (Å²) in [6.45, 7) is 4.66. The smallest absolute Gasteiger partial charge is 0.350 e. The van der Waals surface area contributed by atoms with Crippen molar-refractivity contribution in [3.8, 4) is 5.75 Å². The standard InChI is InChI=1S/C17H20N2O6/c1-5-14(20)19-12-7-6-10(23-4)8-13(12)18-9-11-15(21)24-17(2,3)25-16(11)22/h6-9,18H,5H2,1-4H3,(H,19,20). The lowest BCUT2D eigenvalue weighted by Crippen LogP contribution is -2.42. The van der Waals surface area contributed by atoms with Crippen LogP contribution >= 0.6 is 0 Å². The molecule has 8 heteroatoms. The third kappa shape index (κ3) is 4.50. The lowest BCUT2D eigenvalue weighted by atomic mass is 10.2. The molecule has 1 aromatic rings. The molecular weight excluding hydrogens is 328 g/mol. The van der Waals surface area contributed by atoms with Crippen molar-refractivity contribution in [2.45, 2.75) is 33.0 Å². The molecule has 1 saturated heterocycles. The van der Waals surface area contributed by atoms with E-state index < -0.39 is 17.7 Å². The minimum Gasteiger partial charge on any atom is -0.497 e. The average molecular weight is 348 g/mol. The number of anilines is 2. The van der Waals surface area contributed by atoms with Gasteiger partial charge in [0.15, 0.2) is 5.57 Å². The zero-order valence-electron chi connectivity index (χ0n) is 14.5. The highest BCUT2D eigenvalue weighted by Crippen LogP contribution is 2.28. The van der Waals surface area contributed by atoms with Crippen molar-refractivity contribution in [2.75, 3.05) is 17.7 Å². The summed E-state index contributed by atoms with van der Waals surface area (Å²) in [5, 5.41) is 5.53. The Hall–Kier alpha value is -3.03. The van der Waals surface area contributed by atoms with Gasteiger partial charge in [-0.05, 0) is 12.1 Å². The fourth-order valence-corrected chi connectivity index (χ4v) is 2.05. The Morgan fingerprint density at radius 2 is 1.84 bits per heavy atom. The molecule has 1 fully saturated rings. The number of cyclic esters (lactones) is 2. The number of carbonyl (C=O) groups excluding carboxylic acids is 3. The number of hydrogen-bond donors (Lipinski definition) is 2. The molecule has 1 aliphatic rings. The van der Waals surface area contributed by atoms with Crippen LogP contribution in [-0.2, 0) is 23.9 Å². The number of benzene rings is 1. The van der Waals surface area contributed by atoms with Crippen LogP contribution in [0.15, 0.2) is 30.0 Å². The van der Waals surface area contributed by atoms with E-state index in [1.54, 1.807) is 25.1 Å². The maximum Gasteiger partial charge on any atom is 0.350 e. The lowest BCUT2D eigenvalue weighted by molar-refractivity contribution is -0.222. The summed E-state index contributed by atoms with van der Waals surface area (Å²) in [6, 6.07) is 4.94. The number of methoxy groups -OCH3 is 1. The summed E-state index contributed by atoms with van der Waals surface area (Å²) in [5.41, 5.74) is 0.636. The van der Waals surface area contributed by atoms with E-state index in [0.29, 0.717) is 23.5 Å². The van der Waals surface area contributed by atoms with Crippen molar-refractivity contribution in [3.63, 3.8) is 0 Å². The first kappa shape index (κ1) is 18.3. The van der Waals surface area contributed by atoms with Gasteiger partial charge in [0.05, 0.1) is 18.5 Å². The third-order valence-electron chi connectivity index (χ3n) is 3.31. The Bertz CT molecular complexity index is 717. The Labute approximate surface area is 145 Å². The second-order valence-electron chi connectivity index (χ2n) is 5.69. The molecular formula is C17H20N2O6. The minimum atomic E-state index is -1.30. The van der Waals surface area contributed by atoms with Crippen molar-refractivity contribution in [1.29, 1.82) is 0 Å². The molecule has 2 rings (SSSR count). The Morgan fingerprint density at radius 3 is 2.40 bits per heavy atom. The van der Waals surface area contributed by atoms with E-state index in [-0.39, 0.29) is 11.5 Å². The number of nitrogens with one attached hydrogen (secondary N) is 2. The van der Waals surface area contributed by atoms with Crippen LogP contribution in [-0.4, -0.2) is 30.7 Å². The number of hydrogen-bond acceptors (Lipinski definition) is 7. The fraction of sp³-hybridized carbons (Fsp3) is 0.353. The van der Waals surface area contributed by atoms with Crippen LogP contribution in [0.25, 0.3) is 0 Å². The van der Waals surface area contributed by atoms with E-state index in [0.717, 1.165) is 0 Å². The number of ether oxygens (including phenoxy) is 3. The molecule has 0 spiro atoms. The van der Waals surface area contributed by atoms with Crippen molar-refractivity contribution in [1.82, 2.24) is 0 Å². The van der Waals surface area contributed by atoms with Gasteiger partial charge in [-0.1, -0.05) is 6.92 Å². The molecule has 0 aromatic heterocycles. The molecule has 8 nitrogen and oxygen atoms in total. The molecule has 1 aromatic carbocycles. The molecule has 1 aliphatic heterocycles. The molecule has 0 atom stereocenters. The number of carbonyl (C=O) groups is 3. The summed E-state index contributed by atoms with van der Waals surface area (Å²) < 4.78 is 15.2. The van der Waals surface area contributed by atoms with Crippen LogP contribution in [0.4, 0.5) is 11.4 Å². The zero-order valence-corrected chi connectivity index (χ0v) is 14.5. The summed E-state index contributed by atoms with van der Waals surface area (Å²) in [4.78, 5) is 35.5. The Kier molecular flexibility index (Phi) is 5.31. The van der Waals surface area contributed by atoms with Gasteiger partial charge in [0.25, 0.3) is 5.79 Å². The zero-order chi connectivity index (χ0) is 18.6. The van der Waals surface area contributed by atoms with Gasteiger partial charge in [-0.15, -0.1) is 0 Å². The van der Waals surface area contributed by atoms with Gasteiger partial charge in [-0.3, -0.25) is 4.79 Å². The lowest BCUT2D eigenvalue weighted by Gasteiger charge is -2.29. The molecule has 0 bridgehead atoms.